The van der Waals surface area contributed by atoms with Gasteiger partial charge >= 0.3 is 18.0 Å². The zero-order valence-corrected chi connectivity index (χ0v) is 20.6. The van der Waals surface area contributed by atoms with E-state index in [1.807, 2.05) is 0 Å². The Balaban J connectivity index is 1.41. The summed E-state index contributed by atoms with van der Waals surface area (Å²) >= 11 is 1.08. The predicted molar refractivity (Wildman–Crippen MR) is 122 cm³/mol. The maximum atomic E-state index is 13.6. The van der Waals surface area contributed by atoms with Gasteiger partial charge in [0.2, 0.25) is 0 Å². The summed E-state index contributed by atoms with van der Waals surface area (Å²) in [7, 11) is 1.56. The van der Waals surface area contributed by atoms with E-state index in [4.69, 9.17) is 4.74 Å². The largest absolute Gasteiger partial charge is 0.488 e. The first-order valence-electron chi connectivity index (χ1n) is 11.0. The molecular weight excluding hydrogens is 544 g/mol. The van der Waals surface area contributed by atoms with Gasteiger partial charge in [0.25, 0.3) is 12.3 Å². The van der Waals surface area contributed by atoms with Gasteiger partial charge < -0.3 is 24.8 Å². The number of rotatable bonds is 4. The van der Waals surface area contributed by atoms with Crippen molar-refractivity contribution in [1.82, 2.24) is 19.5 Å². The third kappa shape index (κ3) is 5.41. The molecule has 4 rings (SSSR count). The predicted octanol–water partition coefficient (Wildman–Crippen LogP) is 2.99. The molecule has 0 bridgehead atoms. The van der Waals surface area contributed by atoms with Crippen LogP contribution in [-0.4, -0.2) is 64.6 Å². The molecule has 2 aliphatic rings. The zero-order chi connectivity index (χ0) is 28.0. The average molecular weight is 565 g/mol. The molecule has 1 spiro atoms. The van der Waals surface area contributed by atoms with Crippen molar-refractivity contribution in [2.45, 2.75) is 36.0 Å². The minimum atomic E-state index is -4.70. The molecule has 9 nitrogen and oxygen atoms in total. The van der Waals surface area contributed by atoms with Crippen LogP contribution in [0.1, 0.15) is 29.4 Å². The number of amides is 3. The first-order valence-corrected chi connectivity index (χ1v) is 11.8. The van der Waals surface area contributed by atoms with E-state index in [2.05, 4.69) is 10.0 Å². The lowest BCUT2D eigenvalue weighted by atomic mass is 9.92. The van der Waals surface area contributed by atoms with Crippen molar-refractivity contribution in [1.29, 1.82) is 0 Å². The minimum absolute atomic E-state index is 0.0436. The number of hydrogen-bond acceptors (Lipinski definition) is 6. The number of halogens is 6. The fraction of sp³-hybridized carbons (Fsp3) is 0.409. The van der Waals surface area contributed by atoms with Gasteiger partial charge in [-0.3, -0.25) is 14.4 Å². The minimum Gasteiger partial charge on any atom is -0.488 e. The van der Waals surface area contributed by atoms with E-state index in [0.29, 0.717) is 4.90 Å². The first-order chi connectivity index (χ1) is 17.7. The number of hydrogen-bond donors (Lipinski definition) is 3. The summed E-state index contributed by atoms with van der Waals surface area (Å²) in [6.45, 7) is 0.569. The molecule has 3 amide bonds. The number of fused-ring (bicyclic) bond motifs is 1. The molecule has 206 valence electrons. The molecule has 1 aromatic heterocycles. The number of benzene rings is 1. The zero-order valence-electron chi connectivity index (χ0n) is 19.8. The van der Waals surface area contributed by atoms with Crippen LogP contribution >= 0.6 is 11.9 Å². The fourth-order valence-electron chi connectivity index (χ4n) is 3.90. The molecule has 3 heterocycles. The fourth-order valence-corrected chi connectivity index (χ4v) is 4.87. The molecule has 38 heavy (non-hydrogen) atoms. The van der Waals surface area contributed by atoms with Crippen molar-refractivity contribution in [2.24, 2.45) is 7.05 Å². The molecule has 1 fully saturated rings. The van der Waals surface area contributed by atoms with Crippen molar-refractivity contribution >= 4 is 35.4 Å². The molecule has 1 atom stereocenters. The van der Waals surface area contributed by atoms with E-state index in [1.165, 1.54) is 4.57 Å². The Kier molecular flexibility index (Phi) is 7.31. The number of aromatic nitrogens is 1. The van der Waals surface area contributed by atoms with Gasteiger partial charge in [-0.1, -0.05) is 0 Å². The number of ether oxygens (including phenoxy) is 1. The second-order valence-corrected chi connectivity index (χ2v) is 9.79. The Bertz CT molecular complexity index is 1280. The second-order valence-electron chi connectivity index (χ2n) is 8.94. The van der Waals surface area contributed by atoms with Gasteiger partial charge in [-0.05, 0) is 37.1 Å². The summed E-state index contributed by atoms with van der Waals surface area (Å²) in [6, 6.07) is 0.590. The van der Waals surface area contributed by atoms with Crippen LogP contribution in [-0.2, 0) is 16.6 Å². The van der Waals surface area contributed by atoms with Gasteiger partial charge in [-0.15, -0.1) is 0 Å². The molecule has 1 saturated heterocycles. The second kappa shape index (κ2) is 10.1. The number of alkyl halides is 5. The van der Waals surface area contributed by atoms with Gasteiger partial charge in [-0.25, -0.2) is 17.9 Å². The summed E-state index contributed by atoms with van der Waals surface area (Å²) in [4.78, 5) is 38.7. The number of likely N-dealkylation sites (tertiary alicyclic amines) is 1. The molecule has 2 aromatic rings. The highest BCUT2D eigenvalue weighted by atomic mass is 32.2. The molecule has 3 N–H and O–H groups in total. The van der Waals surface area contributed by atoms with Gasteiger partial charge in [0, 0.05) is 32.0 Å². The number of nitrogens with zero attached hydrogens (tertiary/aromatic N) is 2. The van der Waals surface area contributed by atoms with Crippen molar-refractivity contribution in [3.63, 3.8) is 0 Å². The maximum absolute atomic E-state index is 13.6. The normalized spacial score (nSPS) is 17.2. The van der Waals surface area contributed by atoms with Crippen LogP contribution in [0, 0.1) is 5.82 Å². The van der Waals surface area contributed by atoms with Gasteiger partial charge in [0.1, 0.15) is 18.5 Å². The van der Waals surface area contributed by atoms with Crippen molar-refractivity contribution in [3.8, 4) is 5.75 Å². The Morgan fingerprint density at radius 2 is 1.89 bits per heavy atom. The standard InChI is InChI=1S/C22H21F6N5O4S/c1-10(22(26,27)28)29-19(35)20(36)33-7-21(8-33)9-37-16-14(38-31-21)6-32(2)15(16)18(34)30-11-3-4-13(23)12(5-11)17(24)25/h3-6,10,17,31H,7-9H2,1-2H3,(H,29,35)(H,30,34)/t10-/m1/s1. The molecule has 16 heteroatoms. The van der Waals surface area contributed by atoms with Crippen LogP contribution in [0.4, 0.5) is 32.0 Å². The van der Waals surface area contributed by atoms with E-state index in [9.17, 15) is 40.7 Å². The monoisotopic (exact) mass is 565 g/mol. The topological polar surface area (TPSA) is 105 Å². The average Bonchev–Trinajstić information content (AvgIpc) is 3.01. The third-order valence-corrected chi connectivity index (χ3v) is 7.03. The highest BCUT2D eigenvalue weighted by Crippen LogP contribution is 2.39. The number of anilines is 1. The van der Waals surface area contributed by atoms with E-state index < -0.39 is 53.3 Å². The molecule has 0 saturated carbocycles. The van der Waals surface area contributed by atoms with Crippen LogP contribution in [0.3, 0.4) is 0 Å². The molecule has 0 unspecified atom stereocenters. The lowest BCUT2D eigenvalue weighted by molar-refractivity contribution is -0.164. The van der Waals surface area contributed by atoms with Gasteiger partial charge in [0.05, 0.1) is 16.0 Å². The Morgan fingerprint density at radius 3 is 2.53 bits per heavy atom. The number of carbonyl (C=O) groups is 3. The quantitative estimate of drug-likeness (QED) is 0.299. The Labute approximate surface area is 216 Å². The molecular formula is C22H21F6N5O4S. The third-order valence-electron chi connectivity index (χ3n) is 5.98. The van der Waals surface area contributed by atoms with Gasteiger partial charge in [0.15, 0.2) is 11.4 Å². The summed E-state index contributed by atoms with van der Waals surface area (Å²) in [5.41, 5.74) is -1.72. The van der Waals surface area contributed by atoms with E-state index in [1.54, 1.807) is 18.6 Å². The summed E-state index contributed by atoms with van der Waals surface area (Å²) < 4.78 is 88.0. The lowest BCUT2D eigenvalue weighted by Gasteiger charge is -2.48. The van der Waals surface area contributed by atoms with Crippen LogP contribution < -0.4 is 20.1 Å². The lowest BCUT2D eigenvalue weighted by Crippen LogP contribution is -2.72. The Hall–Kier alpha value is -3.40. The van der Waals surface area contributed by atoms with E-state index in [-0.39, 0.29) is 36.8 Å². The Morgan fingerprint density at radius 1 is 1.21 bits per heavy atom. The van der Waals surface area contributed by atoms with Crippen LogP contribution in [0.15, 0.2) is 29.3 Å². The molecule has 1 aromatic carbocycles. The van der Waals surface area contributed by atoms with Crippen molar-refractivity contribution in [3.05, 3.63) is 41.5 Å². The van der Waals surface area contributed by atoms with Crippen LogP contribution in [0.2, 0.25) is 0 Å². The molecule has 0 radical (unpaired) electrons. The van der Waals surface area contributed by atoms with E-state index >= 15 is 0 Å². The summed E-state index contributed by atoms with van der Waals surface area (Å²) in [6.07, 6.45) is -6.20. The van der Waals surface area contributed by atoms with Crippen molar-refractivity contribution in [2.75, 3.05) is 25.0 Å². The number of nitrogens with one attached hydrogen (secondary N) is 3. The molecule has 2 aliphatic heterocycles. The SMILES string of the molecule is C[C@@H](NC(=O)C(=O)N1CC2(COc3c(cn(C)c3C(=O)Nc3ccc(F)c(C(F)F)c3)SN2)C1)C(F)(F)F. The number of aryl methyl sites for hydroxylation is 1. The summed E-state index contributed by atoms with van der Waals surface area (Å²) in [5, 5.41) is 4.06. The molecule has 0 aliphatic carbocycles. The smallest absolute Gasteiger partial charge is 0.408 e. The number of carbonyl (C=O) groups excluding carboxylic acids is 3. The maximum Gasteiger partial charge on any atom is 0.408 e. The van der Waals surface area contributed by atoms with Gasteiger partial charge in [-0.2, -0.15) is 13.2 Å². The van der Waals surface area contributed by atoms with Crippen LogP contribution in [0.25, 0.3) is 0 Å². The van der Waals surface area contributed by atoms with Crippen LogP contribution in [0.5, 0.6) is 5.75 Å². The van der Waals surface area contributed by atoms with Crippen molar-refractivity contribution < 1.29 is 45.5 Å². The highest BCUT2D eigenvalue weighted by molar-refractivity contribution is 7.97. The highest BCUT2D eigenvalue weighted by Gasteiger charge is 2.50. The summed E-state index contributed by atoms with van der Waals surface area (Å²) in [5.74, 6) is -4.16. The first kappa shape index (κ1) is 27.6. The van der Waals surface area contributed by atoms with E-state index in [0.717, 1.165) is 42.0 Å².